The summed E-state index contributed by atoms with van der Waals surface area (Å²) in [6, 6.07) is 6.71. The number of alkyl halides is 6. The molecule has 3 aliphatic rings. The number of carbonyl (C=O) groups is 2. The molecule has 13 heteroatoms. The van der Waals surface area contributed by atoms with Crippen LogP contribution in [0.3, 0.4) is 0 Å². The third-order valence-electron chi connectivity index (χ3n) is 8.58. The monoisotopic (exact) mass is 613 g/mol. The zero-order chi connectivity index (χ0) is 31.0. The van der Waals surface area contributed by atoms with Crippen molar-refractivity contribution in [2.24, 2.45) is 11.3 Å². The van der Waals surface area contributed by atoms with E-state index in [-0.39, 0.29) is 42.6 Å². The van der Waals surface area contributed by atoms with Crippen molar-refractivity contribution in [2.75, 3.05) is 38.2 Å². The minimum absolute atomic E-state index is 0.0612. The normalized spacial score (nSPS) is 19.7. The lowest BCUT2D eigenvalue weighted by molar-refractivity contribution is -0.143. The van der Waals surface area contributed by atoms with E-state index in [0.29, 0.717) is 68.4 Å². The number of likely N-dealkylation sites (tertiary alicyclic amines) is 1. The SMILES string of the molecule is O=C1COc2ccc(C(CO)CN3CCC(CC4CC4)(C(=O)NCc4cc(C(F)(F)F)cc(C(F)(F)F)c4)CC3)cc2N1. The molecule has 0 spiro atoms. The first kappa shape index (κ1) is 31.1. The Labute approximate surface area is 244 Å². The Morgan fingerprint density at radius 3 is 2.28 bits per heavy atom. The van der Waals surface area contributed by atoms with Crippen LogP contribution in [0.25, 0.3) is 0 Å². The number of halogens is 6. The lowest BCUT2D eigenvalue weighted by atomic mass is 9.73. The first-order chi connectivity index (χ1) is 20.3. The van der Waals surface area contributed by atoms with Crippen LogP contribution in [0.2, 0.25) is 0 Å². The van der Waals surface area contributed by atoms with Gasteiger partial charge in [0.15, 0.2) is 6.61 Å². The molecule has 0 radical (unpaired) electrons. The van der Waals surface area contributed by atoms with E-state index in [4.69, 9.17) is 4.74 Å². The van der Waals surface area contributed by atoms with Crippen LogP contribution in [0.15, 0.2) is 36.4 Å². The first-order valence-corrected chi connectivity index (χ1v) is 14.2. The van der Waals surface area contributed by atoms with Crippen LogP contribution in [-0.2, 0) is 28.5 Å². The molecule has 1 saturated heterocycles. The number of piperidine rings is 1. The number of aliphatic hydroxyl groups is 1. The summed E-state index contributed by atoms with van der Waals surface area (Å²) in [5.74, 6) is 0.0154. The number of aliphatic hydroxyl groups excluding tert-OH is 1. The highest BCUT2D eigenvalue weighted by Crippen LogP contribution is 2.46. The van der Waals surface area contributed by atoms with Crippen molar-refractivity contribution in [1.82, 2.24) is 10.2 Å². The number of rotatable bonds is 9. The summed E-state index contributed by atoms with van der Waals surface area (Å²) < 4.78 is 85.1. The number of carbonyl (C=O) groups excluding carboxylic acids is 2. The Bertz CT molecular complexity index is 1320. The standard InChI is InChI=1S/C30H33F6N3O4/c31-29(32,33)22-9-19(10-23(12-22)30(34,35)36)14-37-27(42)28(13-18-1-2-18)5-7-39(8-6-28)15-21(16-40)20-3-4-25-24(11-20)38-26(41)17-43-25/h3-4,9-12,18,21,40H,1-2,5-8,13-17H2,(H,37,42)(H,38,41). The van der Waals surface area contributed by atoms with Crippen LogP contribution in [0, 0.1) is 11.3 Å². The van der Waals surface area contributed by atoms with E-state index < -0.39 is 35.4 Å². The van der Waals surface area contributed by atoms with Crippen LogP contribution in [-0.4, -0.2) is 54.7 Å². The predicted octanol–water partition coefficient (Wildman–Crippen LogP) is 5.33. The number of ether oxygens (including phenoxy) is 1. The Morgan fingerprint density at radius 2 is 1.70 bits per heavy atom. The van der Waals surface area contributed by atoms with E-state index in [1.807, 2.05) is 6.07 Å². The molecule has 2 aromatic rings. The van der Waals surface area contributed by atoms with Gasteiger partial charge in [-0.1, -0.05) is 18.9 Å². The Morgan fingerprint density at radius 1 is 1.05 bits per heavy atom. The summed E-state index contributed by atoms with van der Waals surface area (Å²) in [5.41, 5.74) is -2.53. The van der Waals surface area contributed by atoms with Crippen molar-refractivity contribution in [1.29, 1.82) is 0 Å². The van der Waals surface area contributed by atoms with Crippen LogP contribution >= 0.6 is 0 Å². The summed E-state index contributed by atoms with van der Waals surface area (Å²) in [6.07, 6.45) is -6.42. The van der Waals surface area contributed by atoms with Gasteiger partial charge in [-0.3, -0.25) is 9.59 Å². The number of nitrogens with one attached hydrogen (secondary N) is 2. The van der Waals surface area contributed by atoms with Crippen LogP contribution < -0.4 is 15.4 Å². The third kappa shape index (κ3) is 7.43. The number of anilines is 1. The number of hydrogen-bond donors (Lipinski definition) is 3. The molecule has 1 aliphatic carbocycles. The molecule has 2 aromatic carbocycles. The van der Waals surface area contributed by atoms with E-state index in [0.717, 1.165) is 18.4 Å². The van der Waals surface area contributed by atoms with E-state index in [1.165, 1.54) is 0 Å². The Balaban J connectivity index is 1.25. The minimum Gasteiger partial charge on any atom is -0.482 e. The largest absolute Gasteiger partial charge is 0.482 e. The highest BCUT2D eigenvalue weighted by Gasteiger charge is 2.45. The highest BCUT2D eigenvalue weighted by atomic mass is 19.4. The molecule has 2 fully saturated rings. The molecular weight excluding hydrogens is 580 g/mol. The van der Waals surface area contributed by atoms with Crippen LogP contribution in [0.5, 0.6) is 5.75 Å². The first-order valence-electron chi connectivity index (χ1n) is 14.2. The van der Waals surface area contributed by atoms with E-state index in [2.05, 4.69) is 15.5 Å². The van der Waals surface area contributed by atoms with Gasteiger partial charge >= 0.3 is 12.4 Å². The average molecular weight is 614 g/mol. The lowest BCUT2D eigenvalue weighted by Crippen LogP contribution is -2.49. The molecule has 1 unspecified atom stereocenters. The Hall–Kier alpha value is -3.32. The molecule has 43 heavy (non-hydrogen) atoms. The molecule has 1 saturated carbocycles. The van der Waals surface area contributed by atoms with Crippen molar-refractivity contribution >= 4 is 17.5 Å². The van der Waals surface area contributed by atoms with Gasteiger partial charge in [-0.25, -0.2) is 0 Å². The topological polar surface area (TPSA) is 90.9 Å². The van der Waals surface area contributed by atoms with Crippen LogP contribution in [0.4, 0.5) is 32.0 Å². The van der Waals surface area contributed by atoms with Crippen molar-refractivity contribution < 1.29 is 45.8 Å². The van der Waals surface area contributed by atoms with Gasteiger partial charge in [-0.05, 0) is 79.7 Å². The molecule has 234 valence electrons. The van der Waals surface area contributed by atoms with Gasteiger partial charge in [0.05, 0.1) is 28.8 Å². The molecule has 2 amide bonds. The van der Waals surface area contributed by atoms with Gasteiger partial charge in [-0.15, -0.1) is 0 Å². The van der Waals surface area contributed by atoms with Gasteiger partial charge in [-0.2, -0.15) is 26.3 Å². The molecule has 3 N–H and O–H groups in total. The summed E-state index contributed by atoms with van der Waals surface area (Å²) >= 11 is 0. The maximum absolute atomic E-state index is 13.5. The smallest absolute Gasteiger partial charge is 0.416 e. The fraction of sp³-hybridized carbons (Fsp3) is 0.533. The summed E-state index contributed by atoms with van der Waals surface area (Å²) in [7, 11) is 0. The van der Waals surface area contributed by atoms with Gasteiger partial charge < -0.3 is 25.4 Å². The fourth-order valence-corrected chi connectivity index (χ4v) is 5.99. The number of benzene rings is 2. The maximum Gasteiger partial charge on any atom is 0.416 e. The third-order valence-corrected chi connectivity index (χ3v) is 8.58. The fourth-order valence-electron chi connectivity index (χ4n) is 5.99. The van der Waals surface area contributed by atoms with Gasteiger partial charge in [0.2, 0.25) is 5.91 Å². The zero-order valence-electron chi connectivity index (χ0n) is 23.3. The molecule has 1 atom stereocenters. The Kier molecular flexibility index (Phi) is 8.68. The van der Waals surface area contributed by atoms with Crippen molar-refractivity contribution in [3.05, 3.63) is 58.7 Å². The van der Waals surface area contributed by atoms with Crippen molar-refractivity contribution in [3.63, 3.8) is 0 Å². The summed E-state index contributed by atoms with van der Waals surface area (Å²) in [5, 5.41) is 15.6. The maximum atomic E-state index is 13.5. The predicted molar refractivity (Wildman–Crippen MR) is 144 cm³/mol. The van der Waals surface area contributed by atoms with Gasteiger partial charge in [0.1, 0.15) is 5.75 Å². The summed E-state index contributed by atoms with van der Waals surface area (Å²) in [4.78, 5) is 27.4. The van der Waals surface area contributed by atoms with E-state index >= 15 is 0 Å². The van der Waals surface area contributed by atoms with Gasteiger partial charge in [0, 0.05) is 19.0 Å². The number of nitrogens with zero attached hydrogens (tertiary/aromatic N) is 1. The van der Waals surface area contributed by atoms with Crippen molar-refractivity contribution in [2.45, 2.75) is 56.9 Å². The zero-order valence-corrected chi connectivity index (χ0v) is 23.3. The van der Waals surface area contributed by atoms with Crippen LogP contribution in [0.1, 0.15) is 60.3 Å². The minimum atomic E-state index is -4.96. The molecule has 7 nitrogen and oxygen atoms in total. The van der Waals surface area contributed by atoms with E-state index in [1.54, 1.807) is 12.1 Å². The second-order valence-electron chi connectivity index (χ2n) is 11.8. The molecule has 2 heterocycles. The van der Waals surface area contributed by atoms with Crippen molar-refractivity contribution in [3.8, 4) is 5.75 Å². The molecular formula is C30H33F6N3O4. The number of fused-ring (bicyclic) bond motifs is 1. The van der Waals surface area contributed by atoms with E-state index in [9.17, 15) is 41.0 Å². The molecule has 0 aromatic heterocycles. The molecule has 2 aliphatic heterocycles. The number of hydrogen-bond acceptors (Lipinski definition) is 5. The van der Waals surface area contributed by atoms with Gasteiger partial charge in [0.25, 0.3) is 5.91 Å². The highest BCUT2D eigenvalue weighted by molar-refractivity contribution is 5.95. The lowest BCUT2D eigenvalue weighted by Gasteiger charge is -2.42. The molecule has 0 bridgehead atoms. The quantitative estimate of drug-likeness (QED) is 0.333. The second kappa shape index (κ2) is 12.0. The summed E-state index contributed by atoms with van der Waals surface area (Å²) in [6.45, 7) is 0.901. The molecule has 5 rings (SSSR count). The second-order valence-corrected chi connectivity index (χ2v) is 11.8. The average Bonchev–Trinajstić information content (AvgIpc) is 3.78. The number of amides is 2.